The molecule has 1 aromatic carbocycles. The number of rotatable bonds is 2. The van der Waals surface area contributed by atoms with E-state index in [1.807, 2.05) is 54.2 Å². The molecule has 2 aromatic rings. The number of hydrogen-bond donors (Lipinski definition) is 1. The van der Waals surface area contributed by atoms with Crippen LogP contribution in [0.3, 0.4) is 0 Å². The van der Waals surface area contributed by atoms with Gasteiger partial charge in [-0.25, -0.2) is 4.68 Å². The molecule has 0 radical (unpaired) electrons. The summed E-state index contributed by atoms with van der Waals surface area (Å²) in [7, 11) is 0. The second-order valence-corrected chi connectivity index (χ2v) is 3.31. The van der Waals surface area contributed by atoms with E-state index in [9.17, 15) is 0 Å². The number of para-hydroxylation sites is 1. The van der Waals surface area contributed by atoms with Gasteiger partial charge in [-0.2, -0.15) is 5.10 Å². The quantitative estimate of drug-likeness (QED) is 0.780. The van der Waals surface area contributed by atoms with Gasteiger partial charge in [0.05, 0.1) is 11.4 Å². The van der Waals surface area contributed by atoms with Gasteiger partial charge in [0.2, 0.25) is 0 Å². The largest absolute Gasteiger partial charge is 0.323 e. The average molecular weight is 187 g/mol. The van der Waals surface area contributed by atoms with Crippen molar-refractivity contribution in [2.45, 2.75) is 13.0 Å². The first-order valence-electron chi connectivity index (χ1n) is 4.64. The molecule has 1 atom stereocenters. The van der Waals surface area contributed by atoms with E-state index in [4.69, 9.17) is 5.73 Å². The van der Waals surface area contributed by atoms with Gasteiger partial charge in [0.1, 0.15) is 0 Å². The molecule has 1 aromatic heterocycles. The fourth-order valence-corrected chi connectivity index (χ4v) is 1.31. The van der Waals surface area contributed by atoms with Crippen LogP contribution in [-0.2, 0) is 0 Å². The van der Waals surface area contributed by atoms with Gasteiger partial charge < -0.3 is 5.73 Å². The third-order valence-electron chi connectivity index (χ3n) is 2.10. The molecule has 0 aliphatic rings. The summed E-state index contributed by atoms with van der Waals surface area (Å²) in [6.45, 7) is 1.93. The van der Waals surface area contributed by atoms with E-state index in [2.05, 4.69) is 5.10 Å². The Bertz CT molecular complexity index is 403. The van der Waals surface area contributed by atoms with E-state index in [1.165, 1.54) is 0 Å². The van der Waals surface area contributed by atoms with Crippen LogP contribution in [0.25, 0.3) is 5.69 Å². The highest BCUT2D eigenvalue weighted by molar-refractivity contribution is 5.30. The molecule has 0 saturated heterocycles. The fourth-order valence-electron chi connectivity index (χ4n) is 1.31. The predicted molar refractivity (Wildman–Crippen MR) is 56.2 cm³/mol. The smallest absolute Gasteiger partial charge is 0.0793 e. The number of aromatic nitrogens is 2. The first-order chi connectivity index (χ1) is 6.77. The topological polar surface area (TPSA) is 43.8 Å². The summed E-state index contributed by atoms with van der Waals surface area (Å²) in [6.07, 6.45) is 1.92. The lowest BCUT2D eigenvalue weighted by atomic mass is 10.3. The first kappa shape index (κ1) is 8.97. The number of benzene rings is 1. The van der Waals surface area contributed by atoms with E-state index in [1.54, 1.807) is 0 Å². The molecule has 14 heavy (non-hydrogen) atoms. The lowest BCUT2D eigenvalue weighted by Gasteiger charge is -2.01. The second-order valence-electron chi connectivity index (χ2n) is 3.31. The molecule has 0 amide bonds. The van der Waals surface area contributed by atoms with Crippen molar-refractivity contribution in [3.8, 4) is 5.69 Å². The molecule has 0 aliphatic heterocycles. The maximum Gasteiger partial charge on any atom is 0.0793 e. The summed E-state index contributed by atoms with van der Waals surface area (Å²) in [4.78, 5) is 0. The summed E-state index contributed by atoms with van der Waals surface area (Å²) < 4.78 is 1.83. The van der Waals surface area contributed by atoms with Crippen molar-refractivity contribution >= 4 is 0 Å². The highest BCUT2D eigenvalue weighted by atomic mass is 15.3. The summed E-state index contributed by atoms with van der Waals surface area (Å²) in [5, 5.41) is 4.37. The molecular formula is C11H13N3. The van der Waals surface area contributed by atoms with Crippen LogP contribution in [0.15, 0.2) is 42.6 Å². The Morgan fingerprint density at radius 2 is 1.93 bits per heavy atom. The first-order valence-corrected chi connectivity index (χ1v) is 4.64. The SMILES string of the molecule is CC(N)c1ccn(-c2ccccc2)n1. The van der Waals surface area contributed by atoms with Gasteiger partial charge in [0.15, 0.2) is 0 Å². The van der Waals surface area contributed by atoms with Gasteiger partial charge in [-0.05, 0) is 25.1 Å². The third-order valence-corrected chi connectivity index (χ3v) is 2.10. The van der Waals surface area contributed by atoms with Crippen LogP contribution in [-0.4, -0.2) is 9.78 Å². The third kappa shape index (κ3) is 1.67. The zero-order chi connectivity index (χ0) is 9.97. The molecule has 0 fully saturated rings. The summed E-state index contributed by atoms with van der Waals surface area (Å²) >= 11 is 0. The molecule has 0 aliphatic carbocycles. The zero-order valence-electron chi connectivity index (χ0n) is 8.09. The van der Waals surface area contributed by atoms with Crippen LogP contribution < -0.4 is 5.73 Å². The van der Waals surface area contributed by atoms with E-state index >= 15 is 0 Å². The number of nitrogens with two attached hydrogens (primary N) is 1. The van der Waals surface area contributed by atoms with Crippen LogP contribution in [0.5, 0.6) is 0 Å². The highest BCUT2D eigenvalue weighted by Crippen LogP contribution is 2.10. The van der Waals surface area contributed by atoms with E-state index < -0.39 is 0 Å². The zero-order valence-corrected chi connectivity index (χ0v) is 8.09. The summed E-state index contributed by atoms with van der Waals surface area (Å²) in [5.74, 6) is 0. The Hall–Kier alpha value is -1.61. The van der Waals surface area contributed by atoms with Crippen molar-refractivity contribution in [1.82, 2.24) is 9.78 Å². The normalized spacial score (nSPS) is 12.7. The molecule has 1 heterocycles. The predicted octanol–water partition coefficient (Wildman–Crippen LogP) is 1.89. The maximum absolute atomic E-state index is 5.73. The monoisotopic (exact) mass is 187 g/mol. The molecule has 3 heteroatoms. The number of hydrogen-bond acceptors (Lipinski definition) is 2. The van der Waals surface area contributed by atoms with Crippen LogP contribution >= 0.6 is 0 Å². The average Bonchev–Trinajstić information content (AvgIpc) is 2.68. The molecule has 0 spiro atoms. The highest BCUT2D eigenvalue weighted by Gasteiger charge is 2.03. The molecule has 3 nitrogen and oxygen atoms in total. The van der Waals surface area contributed by atoms with Gasteiger partial charge in [0, 0.05) is 12.2 Å². The molecule has 1 unspecified atom stereocenters. The Kier molecular flexibility index (Phi) is 2.33. The minimum absolute atomic E-state index is 0.0139. The van der Waals surface area contributed by atoms with E-state index in [-0.39, 0.29) is 6.04 Å². The van der Waals surface area contributed by atoms with Crippen molar-refractivity contribution in [2.24, 2.45) is 5.73 Å². The lowest BCUT2D eigenvalue weighted by Crippen LogP contribution is -2.06. The molecule has 0 saturated carbocycles. The molecule has 2 N–H and O–H groups in total. The molecular weight excluding hydrogens is 174 g/mol. The lowest BCUT2D eigenvalue weighted by molar-refractivity contribution is 0.742. The van der Waals surface area contributed by atoms with Crippen LogP contribution in [0.1, 0.15) is 18.7 Å². The maximum atomic E-state index is 5.73. The molecule has 0 bridgehead atoms. The van der Waals surface area contributed by atoms with Crippen LogP contribution in [0.2, 0.25) is 0 Å². The van der Waals surface area contributed by atoms with E-state index in [0.717, 1.165) is 11.4 Å². The van der Waals surface area contributed by atoms with Gasteiger partial charge >= 0.3 is 0 Å². The summed E-state index contributed by atoms with van der Waals surface area (Å²) in [5.41, 5.74) is 7.70. The molecule has 2 rings (SSSR count). The second kappa shape index (κ2) is 3.64. The fraction of sp³-hybridized carbons (Fsp3) is 0.182. The van der Waals surface area contributed by atoms with Gasteiger partial charge in [0.25, 0.3) is 0 Å². The van der Waals surface area contributed by atoms with Crippen molar-refractivity contribution in [1.29, 1.82) is 0 Å². The van der Waals surface area contributed by atoms with Gasteiger partial charge in [-0.15, -0.1) is 0 Å². The van der Waals surface area contributed by atoms with Crippen molar-refractivity contribution in [2.75, 3.05) is 0 Å². The van der Waals surface area contributed by atoms with Crippen molar-refractivity contribution < 1.29 is 0 Å². The molecule has 72 valence electrons. The minimum atomic E-state index is -0.0139. The Morgan fingerprint density at radius 1 is 1.21 bits per heavy atom. The minimum Gasteiger partial charge on any atom is -0.323 e. The van der Waals surface area contributed by atoms with Gasteiger partial charge in [-0.1, -0.05) is 18.2 Å². The van der Waals surface area contributed by atoms with Crippen molar-refractivity contribution in [3.05, 3.63) is 48.3 Å². The standard InChI is InChI=1S/C11H13N3/c1-9(12)11-7-8-14(13-11)10-5-3-2-4-6-10/h2-9H,12H2,1H3. The summed E-state index contributed by atoms with van der Waals surface area (Å²) in [6, 6.07) is 11.9. The van der Waals surface area contributed by atoms with Gasteiger partial charge in [-0.3, -0.25) is 0 Å². The Morgan fingerprint density at radius 3 is 2.50 bits per heavy atom. The Balaban J connectivity index is 2.34. The van der Waals surface area contributed by atoms with Crippen LogP contribution in [0, 0.1) is 0 Å². The van der Waals surface area contributed by atoms with Crippen LogP contribution in [0.4, 0.5) is 0 Å². The Labute approximate surface area is 83.2 Å². The number of nitrogens with zero attached hydrogens (tertiary/aromatic N) is 2. The van der Waals surface area contributed by atoms with E-state index in [0.29, 0.717) is 0 Å². The van der Waals surface area contributed by atoms with Crippen molar-refractivity contribution in [3.63, 3.8) is 0 Å².